The quantitative estimate of drug-likeness (QED) is 0.705. The number of nitrogens with zero attached hydrogens (tertiary/aromatic N) is 3. The summed E-state index contributed by atoms with van der Waals surface area (Å²) in [5.74, 6) is 0.998. The molecule has 3 rings (SSSR count). The fraction of sp³-hybridized carbons (Fsp3) is 0.333. The van der Waals surface area contributed by atoms with Gasteiger partial charge in [0.05, 0.1) is 6.20 Å². The van der Waals surface area contributed by atoms with E-state index in [2.05, 4.69) is 19.9 Å². The second-order valence-corrected chi connectivity index (χ2v) is 3.28. The molecule has 4 nitrogen and oxygen atoms in total. The normalized spacial score (nSPS) is 16.2. The van der Waals surface area contributed by atoms with Gasteiger partial charge in [-0.25, -0.2) is 9.97 Å². The van der Waals surface area contributed by atoms with Crippen molar-refractivity contribution in [2.24, 2.45) is 0 Å². The molecule has 1 saturated heterocycles. The van der Waals surface area contributed by atoms with Crippen molar-refractivity contribution in [2.75, 3.05) is 18.0 Å². The van der Waals surface area contributed by atoms with Gasteiger partial charge in [-0.05, 0) is 12.5 Å². The molecule has 1 N–H and O–H groups in total. The summed E-state index contributed by atoms with van der Waals surface area (Å²) in [6, 6.07) is 1.95. The standard InChI is InChI=1S/C9H10N4/c1-4-13(5-1)8-6-11-9-7(12-8)2-3-10-9/h2-3,6H,1,4-5H2,(H,10,11). The highest BCUT2D eigenvalue weighted by molar-refractivity contribution is 5.72. The molecule has 0 bridgehead atoms. The molecule has 2 aromatic heterocycles. The van der Waals surface area contributed by atoms with Crippen LogP contribution in [0.1, 0.15) is 6.42 Å². The van der Waals surface area contributed by atoms with Gasteiger partial charge in [-0.15, -0.1) is 0 Å². The number of hydrogen-bond donors (Lipinski definition) is 1. The first-order valence-electron chi connectivity index (χ1n) is 4.48. The largest absolute Gasteiger partial charge is 0.355 e. The molecule has 0 radical (unpaired) electrons. The Balaban J connectivity index is 2.09. The molecule has 3 heterocycles. The number of nitrogens with one attached hydrogen (secondary N) is 1. The highest BCUT2D eigenvalue weighted by Gasteiger charge is 2.16. The first-order valence-corrected chi connectivity index (χ1v) is 4.48. The van der Waals surface area contributed by atoms with Crippen LogP contribution in [0.5, 0.6) is 0 Å². The Hall–Kier alpha value is -1.58. The maximum Gasteiger partial charge on any atom is 0.156 e. The van der Waals surface area contributed by atoms with Crippen molar-refractivity contribution in [2.45, 2.75) is 6.42 Å². The molecule has 0 aliphatic carbocycles. The SMILES string of the molecule is c1cc2nc(N3CCC3)cnc2[nH]1. The van der Waals surface area contributed by atoms with E-state index in [1.165, 1.54) is 6.42 Å². The summed E-state index contributed by atoms with van der Waals surface area (Å²) in [6.45, 7) is 2.23. The van der Waals surface area contributed by atoms with Crippen molar-refractivity contribution in [1.82, 2.24) is 15.0 Å². The average molecular weight is 174 g/mol. The highest BCUT2D eigenvalue weighted by Crippen LogP contribution is 2.18. The number of rotatable bonds is 1. The minimum Gasteiger partial charge on any atom is -0.355 e. The minimum atomic E-state index is 0.865. The molecule has 1 fully saturated rings. The molecular weight excluding hydrogens is 164 g/mol. The van der Waals surface area contributed by atoms with Gasteiger partial charge in [0.25, 0.3) is 0 Å². The Labute approximate surface area is 75.6 Å². The zero-order valence-corrected chi connectivity index (χ0v) is 7.20. The highest BCUT2D eigenvalue weighted by atomic mass is 15.2. The maximum absolute atomic E-state index is 4.49. The van der Waals surface area contributed by atoms with Gasteiger partial charge >= 0.3 is 0 Å². The molecule has 0 amide bonds. The van der Waals surface area contributed by atoms with Crippen molar-refractivity contribution in [3.8, 4) is 0 Å². The van der Waals surface area contributed by atoms with Gasteiger partial charge in [-0.2, -0.15) is 0 Å². The molecule has 0 unspecified atom stereocenters. The van der Waals surface area contributed by atoms with Gasteiger partial charge < -0.3 is 9.88 Å². The molecule has 13 heavy (non-hydrogen) atoms. The Morgan fingerprint density at radius 2 is 2.31 bits per heavy atom. The van der Waals surface area contributed by atoms with Crippen molar-refractivity contribution in [3.63, 3.8) is 0 Å². The van der Waals surface area contributed by atoms with E-state index in [1.54, 1.807) is 0 Å². The van der Waals surface area contributed by atoms with Crippen molar-refractivity contribution in [3.05, 3.63) is 18.5 Å². The van der Waals surface area contributed by atoms with Crippen LogP contribution in [0.3, 0.4) is 0 Å². The Bertz CT molecular complexity index is 430. The monoisotopic (exact) mass is 174 g/mol. The van der Waals surface area contributed by atoms with Crippen LogP contribution in [0.15, 0.2) is 18.5 Å². The lowest BCUT2D eigenvalue weighted by atomic mass is 10.2. The van der Waals surface area contributed by atoms with E-state index in [0.29, 0.717) is 0 Å². The van der Waals surface area contributed by atoms with Gasteiger partial charge in [-0.3, -0.25) is 0 Å². The molecule has 0 atom stereocenters. The van der Waals surface area contributed by atoms with Crippen LogP contribution in [0.2, 0.25) is 0 Å². The number of aromatic nitrogens is 3. The third kappa shape index (κ3) is 0.983. The lowest BCUT2D eigenvalue weighted by molar-refractivity contribution is 0.609. The van der Waals surface area contributed by atoms with E-state index in [9.17, 15) is 0 Å². The predicted molar refractivity (Wildman–Crippen MR) is 50.7 cm³/mol. The summed E-state index contributed by atoms with van der Waals surface area (Å²) in [4.78, 5) is 14.0. The molecule has 1 aliphatic heterocycles. The van der Waals surface area contributed by atoms with Gasteiger partial charge in [0, 0.05) is 19.3 Å². The molecule has 66 valence electrons. The van der Waals surface area contributed by atoms with E-state index >= 15 is 0 Å². The van der Waals surface area contributed by atoms with Crippen LogP contribution in [0, 0.1) is 0 Å². The molecule has 0 saturated carbocycles. The topological polar surface area (TPSA) is 44.8 Å². The second kappa shape index (κ2) is 2.45. The van der Waals surface area contributed by atoms with Gasteiger partial charge in [-0.1, -0.05) is 0 Å². The zero-order valence-electron chi connectivity index (χ0n) is 7.20. The number of aromatic amines is 1. The molecule has 2 aromatic rings. The number of anilines is 1. The van der Waals surface area contributed by atoms with Crippen LogP contribution < -0.4 is 4.90 Å². The third-order valence-corrected chi connectivity index (χ3v) is 2.43. The molecule has 1 aliphatic rings. The average Bonchev–Trinajstić information content (AvgIpc) is 2.47. The van der Waals surface area contributed by atoms with Crippen LogP contribution in [0.4, 0.5) is 5.82 Å². The van der Waals surface area contributed by atoms with E-state index in [0.717, 1.165) is 30.1 Å². The summed E-state index contributed by atoms with van der Waals surface area (Å²) >= 11 is 0. The fourth-order valence-corrected chi connectivity index (χ4v) is 1.52. The predicted octanol–water partition coefficient (Wildman–Crippen LogP) is 1.17. The van der Waals surface area contributed by atoms with E-state index < -0.39 is 0 Å². The number of hydrogen-bond acceptors (Lipinski definition) is 3. The number of H-pyrrole nitrogens is 1. The van der Waals surface area contributed by atoms with Crippen LogP contribution in [0.25, 0.3) is 11.2 Å². The smallest absolute Gasteiger partial charge is 0.156 e. The summed E-state index contributed by atoms with van der Waals surface area (Å²) in [7, 11) is 0. The van der Waals surface area contributed by atoms with Gasteiger partial charge in [0.15, 0.2) is 5.65 Å². The van der Waals surface area contributed by atoms with E-state index in [1.807, 2.05) is 18.5 Å². The maximum atomic E-state index is 4.49. The van der Waals surface area contributed by atoms with Crippen LogP contribution >= 0.6 is 0 Å². The molecule has 4 heteroatoms. The Morgan fingerprint density at radius 1 is 1.38 bits per heavy atom. The Kier molecular flexibility index (Phi) is 1.30. The fourth-order valence-electron chi connectivity index (χ4n) is 1.52. The third-order valence-electron chi connectivity index (χ3n) is 2.43. The summed E-state index contributed by atoms with van der Waals surface area (Å²) < 4.78 is 0. The first kappa shape index (κ1) is 6.88. The summed E-state index contributed by atoms with van der Waals surface area (Å²) in [6.07, 6.45) is 4.97. The summed E-state index contributed by atoms with van der Waals surface area (Å²) in [5.41, 5.74) is 1.81. The molecule has 0 spiro atoms. The molecule has 0 aromatic carbocycles. The van der Waals surface area contributed by atoms with Crippen LogP contribution in [-0.4, -0.2) is 28.0 Å². The lowest BCUT2D eigenvalue weighted by Gasteiger charge is -2.31. The van der Waals surface area contributed by atoms with E-state index in [-0.39, 0.29) is 0 Å². The van der Waals surface area contributed by atoms with E-state index in [4.69, 9.17) is 0 Å². The lowest BCUT2D eigenvalue weighted by Crippen LogP contribution is -2.37. The zero-order chi connectivity index (χ0) is 8.67. The first-order chi connectivity index (χ1) is 6.43. The van der Waals surface area contributed by atoms with Crippen LogP contribution in [-0.2, 0) is 0 Å². The van der Waals surface area contributed by atoms with Crippen molar-refractivity contribution >= 4 is 17.0 Å². The van der Waals surface area contributed by atoms with Crippen molar-refractivity contribution < 1.29 is 0 Å². The number of fused-ring (bicyclic) bond motifs is 1. The Morgan fingerprint density at radius 3 is 3.08 bits per heavy atom. The summed E-state index contributed by atoms with van der Waals surface area (Å²) in [5, 5.41) is 0. The van der Waals surface area contributed by atoms with Crippen molar-refractivity contribution in [1.29, 1.82) is 0 Å². The molecular formula is C9H10N4. The second-order valence-electron chi connectivity index (χ2n) is 3.28. The minimum absolute atomic E-state index is 0.865. The van der Waals surface area contributed by atoms with Gasteiger partial charge in [0.1, 0.15) is 11.3 Å². The van der Waals surface area contributed by atoms with Gasteiger partial charge in [0.2, 0.25) is 0 Å².